The summed E-state index contributed by atoms with van der Waals surface area (Å²) in [6.07, 6.45) is 0. The van der Waals surface area contributed by atoms with E-state index in [1.54, 1.807) is 24.3 Å². The molecule has 23 heavy (non-hydrogen) atoms. The molecule has 0 aliphatic carbocycles. The van der Waals surface area contributed by atoms with Crippen LogP contribution in [0.4, 0.5) is 0 Å². The van der Waals surface area contributed by atoms with E-state index in [4.69, 9.17) is 16.3 Å². The molecule has 4 heteroatoms. The maximum Gasteiger partial charge on any atom is 0.251 e. The SMILES string of the molecule is CC(C)(C)c1ccc(OCCNC(=O)c2ccc(Cl)cc2)cc1. The molecule has 0 unspecified atom stereocenters. The summed E-state index contributed by atoms with van der Waals surface area (Å²) in [7, 11) is 0. The monoisotopic (exact) mass is 331 g/mol. The quantitative estimate of drug-likeness (QED) is 0.822. The molecule has 2 aromatic rings. The lowest BCUT2D eigenvalue weighted by Gasteiger charge is -2.19. The van der Waals surface area contributed by atoms with Crippen molar-refractivity contribution in [2.45, 2.75) is 26.2 Å². The lowest BCUT2D eigenvalue weighted by Crippen LogP contribution is -2.28. The summed E-state index contributed by atoms with van der Waals surface area (Å²) in [5.41, 5.74) is 1.98. The molecule has 0 saturated carbocycles. The Balaban J connectivity index is 1.77. The Morgan fingerprint density at radius 3 is 2.22 bits per heavy atom. The van der Waals surface area contributed by atoms with Crippen LogP contribution in [0.25, 0.3) is 0 Å². The maximum atomic E-state index is 11.9. The van der Waals surface area contributed by atoms with E-state index >= 15 is 0 Å². The lowest BCUT2D eigenvalue weighted by atomic mass is 9.87. The average Bonchev–Trinajstić information content (AvgIpc) is 2.51. The van der Waals surface area contributed by atoms with Gasteiger partial charge >= 0.3 is 0 Å². The van der Waals surface area contributed by atoms with Gasteiger partial charge in [0.15, 0.2) is 0 Å². The number of ether oxygens (including phenoxy) is 1. The zero-order valence-electron chi connectivity index (χ0n) is 13.7. The molecule has 0 saturated heterocycles. The van der Waals surface area contributed by atoms with Gasteiger partial charge in [-0.05, 0) is 47.4 Å². The van der Waals surface area contributed by atoms with Gasteiger partial charge in [0.05, 0.1) is 6.54 Å². The predicted octanol–water partition coefficient (Wildman–Crippen LogP) is 4.45. The van der Waals surface area contributed by atoms with Crippen LogP contribution in [0.5, 0.6) is 5.75 Å². The van der Waals surface area contributed by atoms with Crippen LogP contribution in [0.1, 0.15) is 36.7 Å². The number of halogens is 1. The molecule has 1 amide bonds. The molecule has 2 rings (SSSR count). The number of amides is 1. The molecule has 2 aromatic carbocycles. The molecule has 1 N–H and O–H groups in total. The van der Waals surface area contributed by atoms with E-state index in [0.717, 1.165) is 5.75 Å². The van der Waals surface area contributed by atoms with Gasteiger partial charge in [-0.25, -0.2) is 0 Å². The topological polar surface area (TPSA) is 38.3 Å². The first-order valence-electron chi connectivity index (χ1n) is 7.63. The molecule has 0 spiro atoms. The van der Waals surface area contributed by atoms with Crippen LogP contribution >= 0.6 is 11.6 Å². The van der Waals surface area contributed by atoms with Crippen molar-refractivity contribution < 1.29 is 9.53 Å². The highest BCUT2D eigenvalue weighted by Gasteiger charge is 2.12. The van der Waals surface area contributed by atoms with Crippen molar-refractivity contribution in [1.82, 2.24) is 5.32 Å². The fourth-order valence-corrected chi connectivity index (χ4v) is 2.21. The third-order valence-corrected chi connectivity index (χ3v) is 3.74. The van der Waals surface area contributed by atoms with E-state index in [-0.39, 0.29) is 11.3 Å². The molecule has 0 aliphatic heterocycles. The Bertz CT molecular complexity index is 643. The van der Waals surface area contributed by atoms with Crippen LogP contribution in [0.3, 0.4) is 0 Å². The molecular weight excluding hydrogens is 310 g/mol. The van der Waals surface area contributed by atoms with Gasteiger partial charge in [-0.15, -0.1) is 0 Å². The van der Waals surface area contributed by atoms with Crippen molar-refractivity contribution in [1.29, 1.82) is 0 Å². The Kier molecular flexibility index (Phi) is 5.67. The summed E-state index contributed by atoms with van der Waals surface area (Å²) in [6, 6.07) is 14.9. The van der Waals surface area contributed by atoms with Crippen LogP contribution in [-0.2, 0) is 5.41 Å². The molecule has 0 bridgehead atoms. The fraction of sp³-hybridized carbons (Fsp3) is 0.316. The van der Waals surface area contributed by atoms with E-state index in [1.165, 1.54) is 5.56 Å². The first-order valence-corrected chi connectivity index (χ1v) is 8.01. The third kappa shape index (κ3) is 5.29. The zero-order chi connectivity index (χ0) is 16.9. The number of rotatable bonds is 5. The number of nitrogens with one attached hydrogen (secondary N) is 1. The predicted molar refractivity (Wildman–Crippen MR) is 94.4 cm³/mol. The van der Waals surface area contributed by atoms with Gasteiger partial charge in [-0.2, -0.15) is 0 Å². The summed E-state index contributed by atoms with van der Waals surface area (Å²) in [5.74, 6) is 0.673. The van der Waals surface area contributed by atoms with Gasteiger partial charge in [0.25, 0.3) is 5.91 Å². The summed E-state index contributed by atoms with van der Waals surface area (Å²) in [5, 5.41) is 3.43. The Labute approximate surface area is 142 Å². The largest absolute Gasteiger partial charge is 0.492 e. The van der Waals surface area contributed by atoms with Gasteiger partial charge in [-0.3, -0.25) is 4.79 Å². The maximum absolute atomic E-state index is 11.9. The van der Waals surface area contributed by atoms with E-state index < -0.39 is 0 Å². The second-order valence-corrected chi connectivity index (χ2v) is 6.82. The Morgan fingerprint density at radius 2 is 1.65 bits per heavy atom. The van der Waals surface area contributed by atoms with E-state index in [9.17, 15) is 4.79 Å². The summed E-state index contributed by atoms with van der Waals surface area (Å²) in [6.45, 7) is 7.40. The van der Waals surface area contributed by atoms with Crippen molar-refractivity contribution in [3.8, 4) is 5.75 Å². The highest BCUT2D eigenvalue weighted by atomic mass is 35.5. The molecule has 0 atom stereocenters. The molecule has 0 aromatic heterocycles. The first-order chi connectivity index (χ1) is 10.9. The van der Waals surface area contributed by atoms with Crippen molar-refractivity contribution in [2.24, 2.45) is 0 Å². The van der Waals surface area contributed by atoms with E-state index in [2.05, 4.69) is 38.2 Å². The van der Waals surface area contributed by atoms with Crippen LogP contribution in [0, 0.1) is 0 Å². The van der Waals surface area contributed by atoms with Crippen molar-refractivity contribution in [2.75, 3.05) is 13.2 Å². The Morgan fingerprint density at radius 1 is 1.04 bits per heavy atom. The van der Waals surface area contributed by atoms with Gasteiger partial charge in [0.1, 0.15) is 12.4 Å². The molecule has 0 heterocycles. The van der Waals surface area contributed by atoms with Crippen molar-refractivity contribution >= 4 is 17.5 Å². The Hall–Kier alpha value is -2.00. The second-order valence-electron chi connectivity index (χ2n) is 6.39. The average molecular weight is 332 g/mol. The number of carbonyl (C=O) groups excluding carboxylic acids is 1. The van der Waals surface area contributed by atoms with Crippen molar-refractivity contribution in [3.63, 3.8) is 0 Å². The minimum Gasteiger partial charge on any atom is -0.492 e. The standard InChI is InChI=1S/C19H22ClNO2/c1-19(2,3)15-6-10-17(11-7-15)23-13-12-21-18(22)14-4-8-16(20)9-5-14/h4-11H,12-13H2,1-3H3,(H,21,22). The summed E-state index contributed by atoms with van der Waals surface area (Å²) < 4.78 is 5.64. The molecule has 0 radical (unpaired) electrons. The highest BCUT2D eigenvalue weighted by Crippen LogP contribution is 2.24. The minimum absolute atomic E-state index is 0.130. The molecule has 0 aliphatic rings. The van der Waals surface area contributed by atoms with E-state index in [1.807, 2.05) is 12.1 Å². The van der Waals surface area contributed by atoms with Crippen LogP contribution in [0.15, 0.2) is 48.5 Å². The van der Waals surface area contributed by atoms with Crippen molar-refractivity contribution in [3.05, 3.63) is 64.7 Å². The second kappa shape index (κ2) is 7.51. The van der Waals surface area contributed by atoms with Crippen LogP contribution in [-0.4, -0.2) is 19.1 Å². The lowest BCUT2D eigenvalue weighted by molar-refractivity contribution is 0.0947. The minimum atomic E-state index is -0.131. The third-order valence-electron chi connectivity index (χ3n) is 3.48. The number of hydrogen-bond acceptors (Lipinski definition) is 2. The number of carbonyl (C=O) groups is 1. The van der Waals surface area contributed by atoms with Gasteiger partial charge in [0, 0.05) is 10.6 Å². The van der Waals surface area contributed by atoms with Crippen LogP contribution < -0.4 is 10.1 Å². The van der Waals surface area contributed by atoms with Gasteiger partial charge < -0.3 is 10.1 Å². The van der Waals surface area contributed by atoms with Crippen LogP contribution in [0.2, 0.25) is 5.02 Å². The number of benzene rings is 2. The van der Waals surface area contributed by atoms with Gasteiger partial charge in [0.2, 0.25) is 0 Å². The number of hydrogen-bond donors (Lipinski definition) is 1. The molecule has 3 nitrogen and oxygen atoms in total. The molecular formula is C19H22ClNO2. The summed E-state index contributed by atoms with van der Waals surface area (Å²) >= 11 is 5.80. The molecule has 122 valence electrons. The highest BCUT2D eigenvalue weighted by molar-refractivity contribution is 6.30. The molecule has 0 fully saturated rings. The normalized spacial score (nSPS) is 11.1. The fourth-order valence-electron chi connectivity index (χ4n) is 2.09. The van der Waals surface area contributed by atoms with Gasteiger partial charge in [-0.1, -0.05) is 44.5 Å². The van der Waals surface area contributed by atoms with E-state index in [0.29, 0.717) is 23.7 Å². The zero-order valence-corrected chi connectivity index (χ0v) is 14.5. The first kappa shape index (κ1) is 17.4. The summed E-state index contributed by atoms with van der Waals surface area (Å²) in [4.78, 5) is 11.9. The smallest absolute Gasteiger partial charge is 0.251 e.